The molecule has 196 valence electrons. The van der Waals surface area contributed by atoms with Gasteiger partial charge in [0.2, 0.25) is 17.7 Å². The molecule has 1 aromatic carbocycles. The monoisotopic (exact) mass is 523 g/mol. The molecule has 0 radical (unpaired) electrons. The number of amides is 1. The SMILES string of the molecule is COc1nc(N[C@@H]2CCN(C(C)=O)CC2(F)F)nn2cc(F)c(-c3cc(F)c4ncn(CCF)c4c3)c12. The molecule has 3 aromatic heterocycles. The molecular weight excluding hydrogens is 501 g/mol. The van der Waals surface area contributed by atoms with Gasteiger partial charge in [-0.15, -0.1) is 5.10 Å². The summed E-state index contributed by atoms with van der Waals surface area (Å²) in [6, 6.07) is 1.18. The second-order valence-electron chi connectivity index (χ2n) is 8.73. The molecule has 1 aliphatic heterocycles. The van der Waals surface area contributed by atoms with Gasteiger partial charge in [-0.05, 0) is 24.1 Å². The van der Waals surface area contributed by atoms with E-state index in [-0.39, 0.29) is 59.0 Å². The Labute approximate surface area is 206 Å². The Morgan fingerprint density at radius 1 is 1.27 bits per heavy atom. The predicted molar refractivity (Wildman–Crippen MR) is 123 cm³/mol. The number of methoxy groups -OCH3 is 1. The third-order valence-corrected chi connectivity index (χ3v) is 6.39. The normalized spacial score (nSPS) is 17.5. The number of carbonyl (C=O) groups excluding carboxylic acids is 1. The van der Waals surface area contributed by atoms with E-state index in [1.54, 1.807) is 0 Å². The van der Waals surface area contributed by atoms with E-state index in [2.05, 4.69) is 20.4 Å². The van der Waals surface area contributed by atoms with Crippen LogP contribution in [0.1, 0.15) is 13.3 Å². The molecular formula is C23H22F5N7O2. The second kappa shape index (κ2) is 9.16. The van der Waals surface area contributed by atoms with Crippen molar-refractivity contribution in [1.82, 2.24) is 29.0 Å². The van der Waals surface area contributed by atoms with Gasteiger partial charge in [0, 0.05) is 13.5 Å². The highest BCUT2D eigenvalue weighted by Gasteiger charge is 2.46. The predicted octanol–water partition coefficient (Wildman–Crippen LogP) is 3.67. The molecule has 37 heavy (non-hydrogen) atoms. The summed E-state index contributed by atoms with van der Waals surface area (Å²) in [5.74, 6) is -5.62. The fourth-order valence-electron chi connectivity index (χ4n) is 4.58. The molecule has 1 N–H and O–H groups in total. The van der Waals surface area contributed by atoms with Gasteiger partial charge in [0.05, 0.1) is 49.8 Å². The lowest BCUT2D eigenvalue weighted by Crippen LogP contribution is -2.55. The van der Waals surface area contributed by atoms with Gasteiger partial charge in [-0.25, -0.2) is 31.5 Å². The maximum Gasteiger partial charge on any atom is 0.285 e. The topological polar surface area (TPSA) is 89.6 Å². The van der Waals surface area contributed by atoms with Crippen LogP contribution in [0.2, 0.25) is 0 Å². The average molecular weight is 523 g/mol. The number of benzene rings is 1. The van der Waals surface area contributed by atoms with Crippen LogP contribution in [0.15, 0.2) is 24.7 Å². The van der Waals surface area contributed by atoms with E-state index in [0.29, 0.717) is 0 Å². The minimum absolute atomic E-state index is 0.00701. The number of likely N-dealkylation sites (tertiary alicyclic amines) is 1. The van der Waals surface area contributed by atoms with Gasteiger partial charge in [-0.3, -0.25) is 4.79 Å². The first-order chi connectivity index (χ1) is 17.6. The van der Waals surface area contributed by atoms with Crippen molar-refractivity contribution in [2.24, 2.45) is 0 Å². The molecule has 9 nitrogen and oxygen atoms in total. The van der Waals surface area contributed by atoms with Gasteiger partial charge < -0.3 is 19.5 Å². The molecule has 0 spiro atoms. The third-order valence-electron chi connectivity index (χ3n) is 6.39. The van der Waals surface area contributed by atoms with E-state index >= 15 is 4.39 Å². The Kier molecular flexibility index (Phi) is 6.12. The Morgan fingerprint density at radius 2 is 2.05 bits per heavy atom. The van der Waals surface area contributed by atoms with Crippen molar-refractivity contribution in [3.63, 3.8) is 0 Å². The number of anilines is 1. The Balaban J connectivity index is 1.55. The molecule has 1 aliphatic rings. The highest BCUT2D eigenvalue weighted by Crippen LogP contribution is 2.37. The summed E-state index contributed by atoms with van der Waals surface area (Å²) in [7, 11) is 1.26. The number of halogens is 5. The molecule has 1 atom stereocenters. The van der Waals surface area contributed by atoms with Crippen LogP contribution in [0.25, 0.3) is 27.7 Å². The first-order valence-corrected chi connectivity index (χ1v) is 11.4. The van der Waals surface area contributed by atoms with Gasteiger partial charge in [-0.2, -0.15) is 4.98 Å². The van der Waals surface area contributed by atoms with Gasteiger partial charge in [-0.1, -0.05) is 0 Å². The van der Waals surface area contributed by atoms with Crippen molar-refractivity contribution in [2.45, 2.75) is 31.9 Å². The molecule has 0 aliphatic carbocycles. The summed E-state index contributed by atoms with van der Waals surface area (Å²) in [6.45, 7) is -0.171. The van der Waals surface area contributed by atoms with E-state index in [4.69, 9.17) is 4.74 Å². The summed E-state index contributed by atoms with van der Waals surface area (Å²) in [6.07, 6.45) is 2.23. The largest absolute Gasteiger partial charge is 0.479 e. The quantitative estimate of drug-likeness (QED) is 0.388. The van der Waals surface area contributed by atoms with Crippen LogP contribution < -0.4 is 10.1 Å². The number of alkyl halides is 3. The van der Waals surface area contributed by atoms with E-state index < -0.39 is 42.7 Å². The number of aryl methyl sites for hydroxylation is 1. The molecule has 4 aromatic rings. The minimum atomic E-state index is -3.27. The van der Waals surface area contributed by atoms with Crippen LogP contribution in [0.5, 0.6) is 5.88 Å². The highest BCUT2D eigenvalue weighted by atomic mass is 19.3. The molecule has 0 unspecified atom stereocenters. The molecule has 1 saturated heterocycles. The molecule has 1 fully saturated rings. The zero-order chi connectivity index (χ0) is 26.5. The molecule has 5 rings (SSSR count). The summed E-state index contributed by atoms with van der Waals surface area (Å²) in [5, 5.41) is 6.70. The fraction of sp³-hybridized carbons (Fsp3) is 0.391. The number of carbonyl (C=O) groups is 1. The summed E-state index contributed by atoms with van der Waals surface area (Å²) in [4.78, 5) is 20.7. The van der Waals surface area contributed by atoms with Crippen LogP contribution in [0, 0.1) is 11.6 Å². The van der Waals surface area contributed by atoms with Crippen molar-refractivity contribution in [2.75, 3.05) is 32.2 Å². The lowest BCUT2D eigenvalue weighted by molar-refractivity contribution is -0.140. The number of rotatable bonds is 6. The summed E-state index contributed by atoms with van der Waals surface area (Å²) < 4.78 is 80.2. The number of imidazole rings is 1. The molecule has 0 saturated carbocycles. The number of hydrogen-bond acceptors (Lipinski definition) is 6. The zero-order valence-electron chi connectivity index (χ0n) is 19.8. The maximum absolute atomic E-state index is 15.2. The Morgan fingerprint density at radius 3 is 2.73 bits per heavy atom. The van der Waals surface area contributed by atoms with Crippen molar-refractivity contribution < 1.29 is 31.5 Å². The van der Waals surface area contributed by atoms with E-state index in [1.165, 1.54) is 31.0 Å². The van der Waals surface area contributed by atoms with Crippen LogP contribution >= 0.6 is 0 Å². The van der Waals surface area contributed by atoms with Crippen LogP contribution in [0.4, 0.5) is 27.9 Å². The number of ether oxygens (including phenoxy) is 1. The first-order valence-electron chi connectivity index (χ1n) is 11.4. The van der Waals surface area contributed by atoms with Crippen LogP contribution in [-0.4, -0.2) is 73.8 Å². The smallest absolute Gasteiger partial charge is 0.285 e. The zero-order valence-corrected chi connectivity index (χ0v) is 19.8. The van der Waals surface area contributed by atoms with Gasteiger partial charge >= 0.3 is 0 Å². The number of nitrogens with one attached hydrogen (secondary N) is 1. The van der Waals surface area contributed by atoms with Gasteiger partial charge in [0.1, 0.15) is 17.7 Å². The van der Waals surface area contributed by atoms with Crippen molar-refractivity contribution >= 4 is 28.4 Å². The number of fused-ring (bicyclic) bond motifs is 2. The third kappa shape index (κ3) is 4.29. The van der Waals surface area contributed by atoms with Crippen LogP contribution in [0.3, 0.4) is 0 Å². The lowest BCUT2D eigenvalue weighted by atomic mass is 10.0. The second-order valence-corrected chi connectivity index (χ2v) is 8.73. The van der Waals surface area contributed by atoms with Gasteiger partial charge in [0.15, 0.2) is 11.6 Å². The first kappa shape index (κ1) is 24.7. The van der Waals surface area contributed by atoms with Crippen molar-refractivity contribution in [1.29, 1.82) is 0 Å². The van der Waals surface area contributed by atoms with Gasteiger partial charge in [0.25, 0.3) is 5.92 Å². The highest BCUT2D eigenvalue weighted by molar-refractivity contribution is 5.90. The van der Waals surface area contributed by atoms with E-state index in [9.17, 15) is 22.4 Å². The summed E-state index contributed by atoms with van der Waals surface area (Å²) in [5.41, 5.74) is 0.337. The van der Waals surface area contributed by atoms with Crippen molar-refractivity contribution in [3.8, 4) is 17.0 Å². The van der Waals surface area contributed by atoms with Crippen LogP contribution in [-0.2, 0) is 11.3 Å². The average Bonchev–Trinajstić information content (AvgIpc) is 3.40. The summed E-state index contributed by atoms with van der Waals surface area (Å²) >= 11 is 0. The molecule has 0 bridgehead atoms. The number of aromatic nitrogens is 5. The van der Waals surface area contributed by atoms with E-state index in [1.807, 2.05) is 0 Å². The molecule has 4 heterocycles. The van der Waals surface area contributed by atoms with Crippen molar-refractivity contribution in [3.05, 3.63) is 36.3 Å². The Bertz CT molecular complexity index is 1500. The number of piperidine rings is 1. The number of nitrogens with zero attached hydrogens (tertiary/aromatic N) is 6. The maximum atomic E-state index is 15.2. The lowest BCUT2D eigenvalue weighted by Gasteiger charge is -2.38. The Hall–Kier alpha value is -3.97. The van der Waals surface area contributed by atoms with E-state index in [0.717, 1.165) is 21.7 Å². The molecule has 14 heteroatoms. The standard InChI is InChI=1S/C23H22F5N7O2/c1-12(36)33-5-3-17(23(27,28)10-33)30-22-31-21(37-2)20-18(15(26)9-35(20)32-22)13-7-14(25)19-16(8-13)34(6-4-24)11-29-19/h7-9,11,17H,3-6,10H2,1-2H3,(H,30,32)/t17-/m1/s1. The molecule has 1 amide bonds. The fourth-order valence-corrected chi connectivity index (χ4v) is 4.58. The number of hydrogen-bond donors (Lipinski definition) is 1. The minimum Gasteiger partial charge on any atom is -0.479 e.